The van der Waals surface area contributed by atoms with E-state index in [9.17, 15) is 0 Å². The third-order valence-corrected chi connectivity index (χ3v) is 9.64. The average Bonchev–Trinajstić information content (AvgIpc) is 3.42. The van der Waals surface area contributed by atoms with Crippen molar-refractivity contribution < 1.29 is 0 Å². The Balaban J connectivity index is 1.15. The number of benzene rings is 7. The van der Waals surface area contributed by atoms with Crippen molar-refractivity contribution in [2.24, 2.45) is 5.92 Å². The Bertz CT molecular complexity index is 2400. The Morgan fingerprint density at radius 3 is 1.55 bits per heavy atom. The van der Waals surface area contributed by atoms with Crippen molar-refractivity contribution >= 4 is 65.4 Å². The summed E-state index contributed by atoms with van der Waals surface area (Å²) in [6.07, 6.45) is 5.70. The van der Waals surface area contributed by atoms with Crippen LogP contribution in [-0.2, 0) is 0 Å². The van der Waals surface area contributed by atoms with Crippen LogP contribution in [0.5, 0.6) is 0 Å². The monoisotopic (exact) mass is 561 g/mol. The lowest BCUT2D eigenvalue weighted by molar-refractivity contribution is 0.736. The lowest BCUT2D eigenvalue weighted by atomic mass is 9.87. The van der Waals surface area contributed by atoms with Gasteiger partial charge in [-0.3, -0.25) is 0 Å². The molecule has 1 nitrogen and oxygen atoms in total. The number of aromatic nitrogens is 1. The second kappa shape index (κ2) is 9.82. The highest BCUT2D eigenvalue weighted by Gasteiger charge is 2.21. The maximum Gasteiger partial charge on any atom is 0.0537 e. The third kappa shape index (κ3) is 3.79. The van der Waals surface area contributed by atoms with Crippen LogP contribution in [0, 0.1) is 5.92 Å². The third-order valence-electron chi connectivity index (χ3n) is 9.64. The summed E-state index contributed by atoms with van der Waals surface area (Å²) in [4.78, 5) is 0. The van der Waals surface area contributed by atoms with E-state index < -0.39 is 0 Å². The standard InChI is InChI=1S/C43H31N/c1-28-25-31(22-24-41(28)44-42-19-8-6-17-38(42)39-18-7-9-20-43(39)44)29-11-10-12-30(26-29)32-21-23-37-35-15-3-2-13-33(35)34-14-4-5-16-36(34)40(37)27-32/h2-24,26-28H,25H2,1H3. The van der Waals surface area contributed by atoms with Crippen LogP contribution in [0.1, 0.15) is 18.9 Å². The number of nitrogens with zero attached hydrogens (tertiary/aromatic N) is 1. The quantitative estimate of drug-likeness (QED) is 0.189. The van der Waals surface area contributed by atoms with E-state index in [2.05, 4.69) is 163 Å². The average molecular weight is 562 g/mol. The Labute approximate surface area is 257 Å². The lowest BCUT2D eigenvalue weighted by Crippen LogP contribution is -2.10. The molecule has 8 aromatic rings. The van der Waals surface area contributed by atoms with Crippen molar-refractivity contribution in [3.63, 3.8) is 0 Å². The first-order valence-electron chi connectivity index (χ1n) is 15.6. The van der Waals surface area contributed by atoms with E-state index in [0.717, 1.165) is 6.42 Å². The van der Waals surface area contributed by atoms with Crippen molar-refractivity contribution in [3.8, 4) is 11.1 Å². The first-order chi connectivity index (χ1) is 21.7. The van der Waals surface area contributed by atoms with Gasteiger partial charge in [-0.2, -0.15) is 0 Å². The molecule has 0 radical (unpaired) electrons. The predicted octanol–water partition coefficient (Wildman–Crippen LogP) is 11.9. The molecule has 0 bridgehead atoms. The highest BCUT2D eigenvalue weighted by atomic mass is 15.0. The minimum absolute atomic E-state index is 0.387. The maximum absolute atomic E-state index is 2.47. The summed E-state index contributed by atoms with van der Waals surface area (Å²) in [5.74, 6) is 0.387. The van der Waals surface area contributed by atoms with Crippen LogP contribution in [-0.4, -0.2) is 4.57 Å². The van der Waals surface area contributed by atoms with Crippen molar-refractivity contribution in [1.29, 1.82) is 0 Å². The Morgan fingerprint density at radius 1 is 0.432 bits per heavy atom. The molecule has 44 heavy (non-hydrogen) atoms. The molecule has 0 spiro atoms. The molecule has 0 aliphatic heterocycles. The van der Waals surface area contributed by atoms with E-state index in [4.69, 9.17) is 0 Å². The van der Waals surface area contributed by atoms with E-state index >= 15 is 0 Å². The van der Waals surface area contributed by atoms with Crippen molar-refractivity contribution in [1.82, 2.24) is 4.57 Å². The molecule has 0 fully saturated rings. The van der Waals surface area contributed by atoms with Gasteiger partial charge in [0.2, 0.25) is 0 Å². The van der Waals surface area contributed by atoms with Crippen LogP contribution < -0.4 is 0 Å². The molecule has 1 atom stereocenters. The first-order valence-corrected chi connectivity index (χ1v) is 15.6. The number of hydrogen-bond donors (Lipinski definition) is 0. The van der Waals surface area contributed by atoms with Crippen molar-refractivity contribution in [2.45, 2.75) is 13.3 Å². The lowest BCUT2D eigenvalue weighted by Gasteiger charge is -2.24. The number of fused-ring (bicyclic) bond motifs is 9. The van der Waals surface area contributed by atoms with Gasteiger partial charge in [0.1, 0.15) is 0 Å². The van der Waals surface area contributed by atoms with Gasteiger partial charge >= 0.3 is 0 Å². The molecule has 0 saturated heterocycles. The zero-order valence-electron chi connectivity index (χ0n) is 24.7. The summed E-state index contributed by atoms with van der Waals surface area (Å²) >= 11 is 0. The molecule has 1 unspecified atom stereocenters. The van der Waals surface area contributed by atoms with E-state index in [1.54, 1.807) is 0 Å². The minimum Gasteiger partial charge on any atom is -0.313 e. The van der Waals surface area contributed by atoms with Gasteiger partial charge in [-0.1, -0.05) is 128 Å². The molecule has 1 aliphatic carbocycles. The summed E-state index contributed by atoms with van der Waals surface area (Å²) < 4.78 is 2.47. The number of rotatable bonds is 3. The second-order valence-corrected chi connectivity index (χ2v) is 12.2. The van der Waals surface area contributed by atoms with Gasteiger partial charge in [0.05, 0.1) is 11.0 Å². The molecule has 1 aliphatic rings. The molecule has 1 heterocycles. The van der Waals surface area contributed by atoms with Gasteiger partial charge in [0, 0.05) is 22.4 Å². The molecule has 1 aromatic heterocycles. The Kier molecular flexibility index (Phi) is 5.61. The van der Waals surface area contributed by atoms with E-state index in [0.29, 0.717) is 5.92 Å². The summed E-state index contributed by atoms with van der Waals surface area (Å²) in [5, 5.41) is 10.5. The van der Waals surface area contributed by atoms with Crippen molar-refractivity contribution in [2.75, 3.05) is 0 Å². The molecule has 1 heteroatoms. The molecule has 7 aromatic carbocycles. The highest BCUT2D eigenvalue weighted by Crippen LogP contribution is 2.41. The van der Waals surface area contributed by atoms with Crippen molar-refractivity contribution in [3.05, 3.63) is 157 Å². The Morgan fingerprint density at radius 2 is 0.932 bits per heavy atom. The maximum atomic E-state index is 2.47. The fourth-order valence-electron chi connectivity index (χ4n) is 7.55. The SMILES string of the molecule is CC1CC(c2cccc(-c3ccc4c5ccccc5c5ccccc5c4c3)c2)=CC=C1n1c2ccccc2c2ccccc21. The van der Waals surface area contributed by atoms with Gasteiger partial charge in [-0.05, 0) is 91.3 Å². The minimum atomic E-state index is 0.387. The topological polar surface area (TPSA) is 4.93 Å². The second-order valence-electron chi connectivity index (χ2n) is 12.2. The van der Waals surface area contributed by atoms with Crippen LogP contribution in [0.15, 0.2) is 152 Å². The first kappa shape index (κ1) is 25.1. The molecule has 208 valence electrons. The smallest absolute Gasteiger partial charge is 0.0537 e. The number of allylic oxidation sites excluding steroid dienone is 4. The van der Waals surface area contributed by atoms with Crippen LogP contribution in [0.4, 0.5) is 0 Å². The molecular weight excluding hydrogens is 530 g/mol. The van der Waals surface area contributed by atoms with E-state index in [1.807, 2.05) is 0 Å². The molecular formula is C43H31N. The fourth-order valence-corrected chi connectivity index (χ4v) is 7.55. The van der Waals surface area contributed by atoms with Gasteiger partial charge in [0.15, 0.2) is 0 Å². The zero-order valence-corrected chi connectivity index (χ0v) is 24.7. The molecule has 0 amide bonds. The summed E-state index contributed by atoms with van der Waals surface area (Å²) in [6, 6.07) is 51.3. The van der Waals surface area contributed by atoms with Gasteiger partial charge in [0.25, 0.3) is 0 Å². The zero-order chi connectivity index (χ0) is 29.2. The largest absolute Gasteiger partial charge is 0.313 e. The summed E-state index contributed by atoms with van der Waals surface area (Å²) in [5.41, 5.74) is 9.12. The van der Waals surface area contributed by atoms with Crippen LogP contribution in [0.2, 0.25) is 0 Å². The Hall–Kier alpha value is -5.40. The van der Waals surface area contributed by atoms with E-state index in [-0.39, 0.29) is 0 Å². The number of para-hydroxylation sites is 2. The van der Waals surface area contributed by atoms with Crippen LogP contribution in [0.3, 0.4) is 0 Å². The van der Waals surface area contributed by atoms with Gasteiger partial charge in [-0.25, -0.2) is 0 Å². The summed E-state index contributed by atoms with van der Waals surface area (Å²) in [6.45, 7) is 2.37. The summed E-state index contributed by atoms with van der Waals surface area (Å²) in [7, 11) is 0. The fraction of sp³-hybridized carbons (Fsp3) is 0.0698. The van der Waals surface area contributed by atoms with Gasteiger partial charge < -0.3 is 4.57 Å². The molecule has 0 saturated carbocycles. The number of hydrogen-bond acceptors (Lipinski definition) is 0. The molecule has 0 N–H and O–H groups in total. The normalized spacial score (nSPS) is 15.3. The van der Waals surface area contributed by atoms with Crippen LogP contribution in [0.25, 0.3) is 76.5 Å². The van der Waals surface area contributed by atoms with E-state index in [1.165, 1.54) is 82.1 Å². The van der Waals surface area contributed by atoms with Crippen LogP contribution >= 0.6 is 0 Å². The highest BCUT2D eigenvalue weighted by molar-refractivity contribution is 6.25. The van der Waals surface area contributed by atoms with Gasteiger partial charge in [-0.15, -0.1) is 0 Å². The predicted molar refractivity (Wildman–Crippen MR) is 190 cm³/mol. The molecule has 9 rings (SSSR count).